The molecule has 5 nitrogen and oxygen atoms in total. The van der Waals surface area contributed by atoms with Gasteiger partial charge in [-0.15, -0.1) is 0 Å². The number of carbonyl (C=O) groups is 1. The average molecular weight is 250 g/mol. The zero-order chi connectivity index (χ0) is 13.0. The van der Waals surface area contributed by atoms with E-state index in [0.29, 0.717) is 36.1 Å². The minimum atomic E-state index is -0.168. The number of methoxy groups -OCH3 is 1. The molecular formula is C13H18N2O3. The van der Waals surface area contributed by atoms with Crippen molar-refractivity contribution in [1.29, 1.82) is 0 Å². The summed E-state index contributed by atoms with van der Waals surface area (Å²) in [5.74, 6) is 0.859. The summed E-state index contributed by atoms with van der Waals surface area (Å²) in [6, 6.07) is 5.05. The van der Waals surface area contributed by atoms with Crippen LogP contribution in [0.4, 0.5) is 5.69 Å². The Kier molecular flexibility index (Phi) is 4.04. The van der Waals surface area contributed by atoms with Crippen molar-refractivity contribution in [3.05, 3.63) is 23.8 Å². The molecule has 1 amide bonds. The van der Waals surface area contributed by atoms with Crippen molar-refractivity contribution < 1.29 is 14.3 Å². The number of nitrogen functional groups attached to an aromatic ring is 1. The number of nitrogens with one attached hydrogen (secondary N) is 1. The van der Waals surface area contributed by atoms with Gasteiger partial charge in [0.25, 0.3) is 5.91 Å². The molecule has 1 aliphatic heterocycles. The molecule has 0 aromatic heterocycles. The molecule has 1 aromatic rings. The molecular weight excluding hydrogens is 232 g/mol. The summed E-state index contributed by atoms with van der Waals surface area (Å²) in [7, 11) is 1.56. The number of nitrogens with two attached hydrogens (primary N) is 1. The second-order valence-electron chi connectivity index (χ2n) is 4.39. The van der Waals surface area contributed by atoms with E-state index in [0.717, 1.165) is 13.0 Å². The minimum absolute atomic E-state index is 0.168. The fourth-order valence-corrected chi connectivity index (χ4v) is 1.94. The Balaban J connectivity index is 1.98. The molecule has 1 unspecified atom stereocenters. The summed E-state index contributed by atoms with van der Waals surface area (Å²) in [5, 5.41) is 2.88. The van der Waals surface area contributed by atoms with Crippen LogP contribution in [0.3, 0.4) is 0 Å². The highest BCUT2D eigenvalue weighted by molar-refractivity contribution is 5.99. The van der Waals surface area contributed by atoms with Crippen molar-refractivity contribution in [3.8, 4) is 5.75 Å². The third-order valence-electron chi connectivity index (χ3n) is 3.08. The maximum Gasteiger partial charge on any atom is 0.253 e. The van der Waals surface area contributed by atoms with Crippen LogP contribution in [0.5, 0.6) is 5.75 Å². The van der Waals surface area contributed by atoms with E-state index in [2.05, 4.69) is 5.32 Å². The summed E-state index contributed by atoms with van der Waals surface area (Å²) in [6.07, 6.45) is 0.994. The van der Waals surface area contributed by atoms with Crippen molar-refractivity contribution in [2.45, 2.75) is 6.42 Å². The van der Waals surface area contributed by atoms with E-state index in [1.54, 1.807) is 25.3 Å². The fourth-order valence-electron chi connectivity index (χ4n) is 1.94. The Labute approximate surface area is 106 Å². The van der Waals surface area contributed by atoms with Gasteiger partial charge < -0.3 is 20.5 Å². The largest absolute Gasteiger partial charge is 0.497 e. The molecule has 0 saturated carbocycles. The number of carbonyl (C=O) groups excluding carboxylic acids is 1. The third-order valence-corrected chi connectivity index (χ3v) is 3.08. The first-order chi connectivity index (χ1) is 8.70. The first kappa shape index (κ1) is 12.7. The molecule has 1 heterocycles. The number of ether oxygens (including phenoxy) is 2. The Morgan fingerprint density at radius 2 is 2.44 bits per heavy atom. The van der Waals surface area contributed by atoms with Crippen LogP contribution in [0.2, 0.25) is 0 Å². The van der Waals surface area contributed by atoms with E-state index >= 15 is 0 Å². The second kappa shape index (κ2) is 5.73. The minimum Gasteiger partial charge on any atom is -0.497 e. The predicted molar refractivity (Wildman–Crippen MR) is 68.7 cm³/mol. The van der Waals surface area contributed by atoms with E-state index in [1.807, 2.05) is 0 Å². The molecule has 98 valence electrons. The van der Waals surface area contributed by atoms with Crippen LogP contribution in [0.25, 0.3) is 0 Å². The van der Waals surface area contributed by atoms with Gasteiger partial charge in [0.15, 0.2) is 0 Å². The molecule has 2 rings (SSSR count). The Bertz CT molecular complexity index is 428. The molecule has 1 atom stereocenters. The average Bonchev–Trinajstić information content (AvgIpc) is 2.89. The number of hydrogen-bond acceptors (Lipinski definition) is 4. The fraction of sp³-hybridized carbons (Fsp3) is 0.462. The van der Waals surface area contributed by atoms with Crippen molar-refractivity contribution >= 4 is 11.6 Å². The van der Waals surface area contributed by atoms with Gasteiger partial charge in [0.2, 0.25) is 0 Å². The van der Waals surface area contributed by atoms with Crippen LogP contribution in [-0.4, -0.2) is 32.8 Å². The van der Waals surface area contributed by atoms with Gasteiger partial charge in [-0.05, 0) is 24.6 Å². The smallest absolute Gasteiger partial charge is 0.253 e. The molecule has 0 bridgehead atoms. The molecule has 0 spiro atoms. The Hall–Kier alpha value is -1.75. The topological polar surface area (TPSA) is 73.6 Å². The van der Waals surface area contributed by atoms with Gasteiger partial charge in [0.05, 0.1) is 19.3 Å². The van der Waals surface area contributed by atoms with Crippen LogP contribution >= 0.6 is 0 Å². The summed E-state index contributed by atoms with van der Waals surface area (Å²) < 4.78 is 10.3. The van der Waals surface area contributed by atoms with E-state index in [1.165, 1.54) is 0 Å². The summed E-state index contributed by atoms with van der Waals surface area (Å²) in [6.45, 7) is 2.12. The SMILES string of the molecule is COc1ccc(N)c(C(=O)NCC2CCOC2)c1. The predicted octanol–water partition coefficient (Wildman–Crippen LogP) is 1.04. The molecule has 1 saturated heterocycles. The number of anilines is 1. The zero-order valence-corrected chi connectivity index (χ0v) is 10.4. The second-order valence-corrected chi connectivity index (χ2v) is 4.39. The molecule has 0 aliphatic carbocycles. The van der Waals surface area contributed by atoms with Gasteiger partial charge in [-0.1, -0.05) is 0 Å². The monoisotopic (exact) mass is 250 g/mol. The van der Waals surface area contributed by atoms with Gasteiger partial charge in [-0.2, -0.15) is 0 Å². The highest BCUT2D eigenvalue weighted by Crippen LogP contribution is 2.19. The van der Waals surface area contributed by atoms with Gasteiger partial charge in [0.1, 0.15) is 5.75 Å². The quantitative estimate of drug-likeness (QED) is 0.783. The summed E-state index contributed by atoms with van der Waals surface area (Å²) in [5.41, 5.74) is 6.69. The van der Waals surface area contributed by atoms with Crippen molar-refractivity contribution in [3.63, 3.8) is 0 Å². The molecule has 1 aromatic carbocycles. The number of hydrogen-bond donors (Lipinski definition) is 2. The zero-order valence-electron chi connectivity index (χ0n) is 10.4. The Morgan fingerprint density at radius 3 is 3.11 bits per heavy atom. The molecule has 5 heteroatoms. The van der Waals surface area contributed by atoms with E-state index in [9.17, 15) is 4.79 Å². The maximum absolute atomic E-state index is 12.0. The summed E-state index contributed by atoms with van der Waals surface area (Å²) >= 11 is 0. The summed E-state index contributed by atoms with van der Waals surface area (Å²) in [4.78, 5) is 12.0. The van der Waals surface area contributed by atoms with Gasteiger partial charge in [-0.25, -0.2) is 0 Å². The van der Waals surface area contributed by atoms with Crippen LogP contribution < -0.4 is 15.8 Å². The lowest BCUT2D eigenvalue weighted by molar-refractivity contribution is 0.0945. The highest BCUT2D eigenvalue weighted by Gasteiger charge is 2.17. The maximum atomic E-state index is 12.0. The molecule has 18 heavy (non-hydrogen) atoms. The van der Waals surface area contributed by atoms with Gasteiger partial charge in [-0.3, -0.25) is 4.79 Å². The van der Waals surface area contributed by atoms with Crippen LogP contribution in [0, 0.1) is 5.92 Å². The first-order valence-electron chi connectivity index (χ1n) is 6.00. The third kappa shape index (κ3) is 2.92. The molecule has 1 aliphatic rings. The van der Waals surface area contributed by atoms with E-state index in [4.69, 9.17) is 15.2 Å². The lowest BCUT2D eigenvalue weighted by Gasteiger charge is -2.11. The number of rotatable bonds is 4. The molecule has 0 radical (unpaired) electrons. The Morgan fingerprint density at radius 1 is 1.61 bits per heavy atom. The van der Waals surface area contributed by atoms with Crippen molar-refractivity contribution in [2.24, 2.45) is 5.92 Å². The standard InChI is InChI=1S/C13H18N2O3/c1-17-10-2-3-12(14)11(6-10)13(16)15-7-9-4-5-18-8-9/h2-3,6,9H,4-5,7-8,14H2,1H3,(H,15,16). The van der Waals surface area contributed by atoms with E-state index in [-0.39, 0.29) is 5.91 Å². The van der Waals surface area contributed by atoms with Crippen molar-refractivity contribution in [1.82, 2.24) is 5.32 Å². The first-order valence-corrected chi connectivity index (χ1v) is 6.00. The number of amides is 1. The normalized spacial score (nSPS) is 18.6. The highest BCUT2D eigenvalue weighted by atomic mass is 16.5. The lowest BCUT2D eigenvalue weighted by atomic mass is 10.1. The van der Waals surface area contributed by atoms with Crippen molar-refractivity contribution in [2.75, 3.05) is 32.6 Å². The number of benzene rings is 1. The molecule has 1 fully saturated rings. The van der Waals surface area contributed by atoms with Gasteiger partial charge in [0, 0.05) is 24.8 Å². The van der Waals surface area contributed by atoms with E-state index < -0.39 is 0 Å². The van der Waals surface area contributed by atoms with Crippen LogP contribution in [0.15, 0.2) is 18.2 Å². The van der Waals surface area contributed by atoms with Crippen LogP contribution in [0.1, 0.15) is 16.8 Å². The lowest BCUT2D eigenvalue weighted by Crippen LogP contribution is -2.30. The molecule has 3 N–H and O–H groups in total. The van der Waals surface area contributed by atoms with Crippen LogP contribution in [-0.2, 0) is 4.74 Å². The van der Waals surface area contributed by atoms with Gasteiger partial charge >= 0.3 is 0 Å².